The zero-order valence-corrected chi connectivity index (χ0v) is 22.2. The van der Waals surface area contributed by atoms with Crippen molar-refractivity contribution in [2.45, 2.75) is 42.7 Å². The number of nitrogens with zero attached hydrogens (tertiary/aromatic N) is 3. The molecule has 2 aliphatic heterocycles. The summed E-state index contributed by atoms with van der Waals surface area (Å²) in [5.41, 5.74) is 3.03. The van der Waals surface area contributed by atoms with Crippen LogP contribution in [0.5, 0.6) is 0 Å². The Morgan fingerprint density at radius 3 is 2.76 bits per heavy atom. The number of aliphatic carboxylic acids is 1. The molecule has 1 saturated carbocycles. The number of amides is 2. The third-order valence-electron chi connectivity index (χ3n) is 7.72. The van der Waals surface area contributed by atoms with E-state index < -0.39 is 18.0 Å². The number of hydrogen-bond donors (Lipinski definition) is 3. The van der Waals surface area contributed by atoms with E-state index in [9.17, 15) is 24.6 Å². The van der Waals surface area contributed by atoms with E-state index in [2.05, 4.69) is 10.3 Å². The Morgan fingerprint density at radius 2 is 2.03 bits per heavy atom. The van der Waals surface area contributed by atoms with Crippen molar-refractivity contribution < 1.29 is 24.6 Å². The Morgan fingerprint density at radius 1 is 1.24 bits per heavy atom. The Hall–Kier alpha value is -3.28. The molecular weight excluding hydrogens is 524 g/mol. The predicted molar refractivity (Wildman–Crippen MR) is 144 cm³/mol. The molecule has 1 aliphatic carbocycles. The Balaban J connectivity index is 1.19. The number of benzene rings is 1. The highest BCUT2D eigenvalue weighted by molar-refractivity contribution is 8.01. The summed E-state index contributed by atoms with van der Waals surface area (Å²) >= 11 is 3.13. The number of aliphatic hydroxyl groups is 1. The fourth-order valence-corrected chi connectivity index (χ4v) is 8.39. The van der Waals surface area contributed by atoms with Gasteiger partial charge < -0.3 is 20.4 Å². The molecular formula is C27H26N4O5S2. The first-order valence-corrected chi connectivity index (χ1v) is 14.4. The summed E-state index contributed by atoms with van der Waals surface area (Å²) in [6.07, 6.45) is 5.00. The summed E-state index contributed by atoms with van der Waals surface area (Å²) in [6, 6.07) is 8.67. The van der Waals surface area contributed by atoms with Crippen LogP contribution in [0.1, 0.15) is 36.5 Å². The molecule has 2 amide bonds. The van der Waals surface area contributed by atoms with Gasteiger partial charge in [0.25, 0.3) is 5.91 Å². The lowest BCUT2D eigenvalue weighted by Crippen LogP contribution is -2.64. The monoisotopic (exact) mass is 550 g/mol. The second kappa shape index (κ2) is 9.79. The third kappa shape index (κ3) is 4.18. The highest BCUT2D eigenvalue weighted by Gasteiger charge is 2.62. The van der Waals surface area contributed by atoms with Crippen molar-refractivity contribution in [3.8, 4) is 0 Å². The number of carbonyl (C=O) groups excluding carboxylic acids is 2. The molecule has 196 valence electrons. The number of hydrogen-bond acceptors (Lipinski definition) is 8. The summed E-state index contributed by atoms with van der Waals surface area (Å²) in [5, 5.41) is 23.1. The number of aromatic nitrogens is 2. The van der Waals surface area contributed by atoms with Gasteiger partial charge in [-0.25, -0.2) is 9.78 Å². The van der Waals surface area contributed by atoms with Crippen molar-refractivity contribution in [2.75, 3.05) is 11.1 Å². The van der Waals surface area contributed by atoms with Gasteiger partial charge in [-0.3, -0.25) is 14.6 Å². The average molecular weight is 551 g/mol. The van der Waals surface area contributed by atoms with Crippen LogP contribution < -0.4 is 5.32 Å². The molecule has 3 aliphatic rings. The molecule has 1 aromatic carbocycles. The highest BCUT2D eigenvalue weighted by Crippen LogP contribution is 2.54. The molecule has 4 heterocycles. The number of aliphatic hydroxyl groups excluding tert-OH is 1. The summed E-state index contributed by atoms with van der Waals surface area (Å²) in [7, 11) is 0. The minimum Gasteiger partial charge on any atom is -0.477 e. The lowest BCUT2D eigenvalue weighted by molar-refractivity contribution is -0.163. The van der Waals surface area contributed by atoms with Gasteiger partial charge in [0.2, 0.25) is 5.91 Å². The first-order valence-electron chi connectivity index (χ1n) is 12.6. The molecule has 38 heavy (non-hydrogen) atoms. The number of thioether (sulfide) groups is 1. The van der Waals surface area contributed by atoms with Crippen molar-refractivity contribution in [3.05, 3.63) is 59.6 Å². The van der Waals surface area contributed by atoms with Crippen LogP contribution in [0.25, 0.3) is 10.2 Å². The molecule has 0 spiro atoms. The molecule has 11 heteroatoms. The van der Waals surface area contributed by atoms with Crippen LogP contribution in [0.4, 0.5) is 5.69 Å². The molecule has 1 saturated heterocycles. The molecule has 3 N–H and O–H groups in total. The van der Waals surface area contributed by atoms with Crippen LogP contribution in [-0.4, -0.2) is 60.8 Å². The van der Waals surface area contributed by atoms with Crippen molar-refractivity contribution in [1.82, 2.24) is 14.9 Å². The van der Waals surface area contributed by atoms with E-state index in [1.165, 1.54) is 16.2 Å². The van der Waals surface area contributed by atoms with E-state index in [-0.39, 0.29) is 35.4 Å². The van der Waals surface area contributed by atoms with Crippen molar-refractivity contribution in [3.63, 3.8) is 0 Å². The maximum absolute atomic E-state index is 12.7. The van der Waals surface area contributed by atoms with E-state index in [1.54, 1.807) is 43.2 Å². The fourth-order valence-electron chi connectivity index (χ4n) is 6.09. The molecule has 6 rings (SSSR count). The molecule has 2 fully saturated rings. The summed E-state index contributed by atoms with van der Waals surface area (Å²) in [5.74, 6) is -1.41. The highest BCUT2D eigenvalue weighted by atomic mass is 32.2. The van der Waals surface area contributed by atoms with Gasteiger partial charge in [0, 0.05) is 35.3 Å². The largest absolute Gasteiger partial charge is 0.477 e. The number of thiazole rings is 1. The van der Waals surface area contributed by atoms with Gasteiger partial charge in [0.05, 0.1) is 28.3 Å². The molecule has 2 aromatic heterocycles. The zero-order chi connectivity index (χ0) is 26.6. The van der Waals surface area contributed by atoms with E-state index in [1.807, 2.05) is 18.2 Å². The fraction of sp³-hybridized carbons (Fsp3) is 0.370. The average Bonchev–Trinajstić information content (AvgIpc) is 3.44. The third-order valence-corrected chi connectivity index (χ3v) is 10.0. The van der Waals surface area contributed by atoms with Crippen molar-refractivity contribution in [2.24, 2.45) is 17.8 Å². The first kappa shape index (κ1) is 25.0. The number of rotatable bonds is 7. The van der Waals surface area contributed by atoms with Crippen LogP contribution in [0.3, 0.4) is 0 Å². The number of β-lactam (4-membered cyclic amide) rings is 1. The van der Waals surface area contributed by atoms with Crippen LogP contribution in [0, 0.1) is 17.8 Å². The number of fused-ring (bicyclic) bond motifs is 4. The second-order valence-corrected chi connectivity index (χ2v) is 12.3. The summed E-state index contributed by atoms with van der Waals surface area (Å²) in [6.45, 7) is 1.61. The standard InChI is InChI=1S/C27H26N4O5S2/c1-13(32)20-22-17-4-2-3-15(21(17)23(26(35)36)31(22)25(20)34)12-37-27-30-18-6-5-16(11-19(18)38-27)29-24(33)14-7-9-28-10-8-14/h5-11,13,15,17,20,22,32H,2-4,12H2,1H3,(H,29,33)(H,35,36)/t13-,15+,17+,20-,22-/m1/s1. The normalized spacial score (nSPS) is 25.1. The molecule has 9 nitrogen and oxygen atoms in total. The van der Waals surface area contributed by atoms with Crippen LogP contribution in [0.15, 0.2) is 58.3 Å². The molecule has 3 aromatic rings. The number of pyridine rings is 1. The van der Waals surface area contributed by atoms with E-state index in [4.69, 9.17) is 4.98 Å². The molecule has 5 atom stereocenters. The quantitative estimate of drug-likeness (QED) is 0.297. The van der Waals surface area contributed by atoms with Crippen molar-refractivity contribution in [1.29, 1.82) is 0 Å². The van der Waals surface area contributed by atoms with E-state index in [0.717, 1.165) is 39.4 Å². The van der Waals surface area contributed by atoms with Crippen LogP contribution in [-0.2, 0) is 9.59 Å². The van der Waals surface area contributed by atoms with Crippen LogP contribution in [0.2, 0.25) is 0 Å². The van der Waals surface area contributed by atoms with E-state index in [0.29, 0.717) is 17.0 Å². The topological polar surface area (TPSA) is 133 Å². The predicted octanol–water partition coefficient (Wildman–Crippen LogP) is 4.01. The maximum Gasteiger partial charge on any atom is 0.352 e. The van der Waals surface area contributed by atoms with Crippen LogP contribution >= 0.6 is 23.1 Å². The van der Waals surface area contributed by atoms with Gasteiger partial charge in [-0.05, 0) is 61.6 Å². The lowest BCUT2D eigenvalue weighted by atomic mass is 9.70. The zero-order valence-electron chi connectivity index (χ0n) is 20.5. The minimum absolute atomic E-state index is 0.0142. The van der Waals surface area contributed by atoms with Gasteiger partial charge in [0.15, 0.2) is 4.34 Å². The maximum atomic E-state index is 12.7. The Labute approximate surface area is 227 Å². The molecule has 0 bridgehead atoms. The second-order valence-electron chi connectivity index (χ2n) is 9.97. The summed E-state index contributed by atoms with van der Waals surface area (Å²) < 4.78 is 1.82. The number of carboxylic acid groups (broad SMARTS) is 1. The lowest BCUT2D eigenvalue weighted by Gasteiger charge is -2.47. The Kier molecular flexibility index (Phi) is 6.45. The smallest absolute Gasteiger partial charge is 0.352 e. The number of carboxylic acids is 1. The number of nitrogens with one attached hydrogen (secondary N) is 1. The number of anilines is 1. The van der Waals surface area contributed by atoms with Gasteiger partial charge in [0.1, 0.15) is 5.70 Å². The molecule has 0 radical (unpaired) electrons. The molecule has 0 unspecified atom stereocenters. The van der Waals surface area contributed by atoms with Gasteiger partial charge in [-0.15, -0.1) is 11.3 Å². The first-order chi connectivity index (χ1) is 18.3. The summed E-state index contributed by atoms with van der Waals surface area (Å²) in [4.78, 5) is 47.6. The minimum atomic E-state index is -1.07. The Bertz CT molecular complexity index is 1470. The number of carbonyl (C=O) groups is 3. The van der Waals surface area contributed by atoms with Gasteiger partial charge >= 0.3 is 5.97 Å². The SMILES string of the molecule is C[C@@H](O)[C@H]1C(=O)N2C(C(=O)O)=C3[C@H](CSc4nc5ccc(NC(=O)c6ccncc6)cc5s4)CCC[C@@H]3[C@H]12. The van der Waals surface area contributed by atoms with Gasteiger partial charge in [-0.2, -0.15) is 0 Å². The van der Waals surface area contributed by atoms with Gasteiger partial charge in [-0.1, -0.05) is 18.2 Å². The van der Waals surface area contributed by atoms with Crippen molar-refractivity contribution >= 4 is 56.8 Å². The van der Waals surface area contributed by atoms with E-state index >= 15 is 0 Å².